The van der Waals surface area contributed by atoms with Crippen LogP contribution in [-0.4, -0.2) is 25.3 Å². The molecular weight excluding hydrogens is 276 g/mol. The number of ketones is 1. The number of hydrogen-bond acceptors (Lipinski definition) is 3. The molecule has 1 N–H and O–H groups in total. The SMILES string of the molecule is O=C1/C(=C/c2ccccc2-c2cnc[nH]2)CCn2ccnc21. The van der Waals surface area contributed by atoms with Crippen molar-refractivity contribution in [2.75, 3.05) is 0 Å². The first-order valence-corrected chi connectivity index (χ1v) is 7.17. The summed E-state index contributed by atoms with van der Waals surface area (Å²) in [6, 6.07) is 7.99. The van der Waals surface area contributed by atoms with Gasteiger partial charge in [0.05, 0.1) is 18.2 Å². The highest BCUT2D eigenvalue weighted by molar-refractivity contribution is 6.10. The molecule has 3 aromatic rings. The summed E-state index contributed by atoms with van der Waals surface area (Å²) in [7, 11) is 0. The molecule has 108 valence electrons. The Labute approximate surface area is 127 Å². The van der Waals surface area contributed by atoms with Crippen LogP contribution in [-0.2, 0) is 6.54 Å². The molecule has 3 heterocycles. The number of nitrogens with zero attached hydrogens (tertiary/aromatic N) is 3. The average molecular weight is 290 g/mol. The second-order valence-corrected chi connectivity index (χ2v) is 5.25. The quantitative estimate of drug-likeness (QED) is 0.738. The van der Waals surface area contributed by atoms with Crippen LogP contribution < -0.4 is 0 Å². The van der Waals surface area contributed by atoms with Gasteiger partial charge in [-0.05, 0) is 18.1 Å². The number of H-pyrrole nitrogens is 1. The van der Waals surface area contributed by atoms with Gasteiger partial charge in [-0.15, -0.1) is 0 Å². The molecule has 0 spiro atoms. The van der Waals surface area contributed by atoms with Crippen molar-refractivity contribution in [3.8, 4) is 11.3 Å². The van der Waals surface area contributed by atoms with Gasteiger partial charge in [0.25, 0.3) is 0 Å². The maximum absolute atomic E-state index is 12.5. The van der Waals surface area contributed by atoms with Gasteiger partial charge in [-0.1, -0.05) is 24.3 Å². The zero-order chi connectivity index (χ0) is 14.9. The Morgan fingerprint density at radius 1 is 1.27 bits per heavy atom. The van der Waals surface area contributed by atoms with Crippen LogP contribution in [0.1, 0.15) is 22.6 Å². The third kappa shape index (κ3) is 2.07. The van der Waals surface area contributed by atoms with E-state index in [-0.39, 0.29) is 5.78 Å². The van der Waals surface area contributed by atoms with Crippen LogP contribution in [0.2, 0.25) is 0 Å². The second kappa shape index (κ2) is 5.11. The van der Waals surface area contributed by atoms with E-state index in [0.717, 1.165) is 35.4 Å². The van der Waals surface area contributed by atoms with Crippen molar-refractivity contribution in [2.45, 2.75) is 13.0 Å². The summed E-state index contributed by atoms with van der Waals surface area (Å²) in [5, 5.41) is 0. The Morgan fingerprint density at radius 3 is 3.05 bits per heavy atom. The molecule has 0 bridgehead atoms. The molecule has 0 radical (unpaired) electrons. The van der Waals surface area contributed by atoms with Gasteiger partial charge in [0.2, 0.25) is 5.78 Å². The number of carbonyl (C=O) groups excluding carboxylic acids is 1. The summed E-state index contributed by atoms with van der Waals surface area (Å²) in [6.07, 6.45) is 9.65. The number of nitrogens with one attached hydrogen (secondary N) is 1. The lowest BCUT2D eigenvalue weighted by atomic mass is 9.97. The van der Waals surface area contributed by atoms with Gasteiger partial charge < -0.3 is 9.55 Å². The van der Waals surface area contributed by atoms with Crippen molar-refractivity contribution in [2.24, 2.45) is 0 Å². The maximum Gasteiger partial charge on any atom is 0.224 e. The molecule has 0 fully saturated rings. The molecule has 0 unspecified atom stereocenters. The molecule has 22 heavy (non-hydrogen) atoms. The smallest absolute Gasteiger partial charge is 0.224 e. The molecule has 0 aliphatic carbocycles. The van der Waals surface area contributed by atoms with E-state index in [1.807, 2.05) is 41.1 Å². The molecule has 0 saturated carbocycles. The molecule has 4 rings (SSSR count). The third-order valence-electron chi connectivity index (χ3n) is 3.91. The van der Waals surface area contributed by atoms with Gasteiger partial charge >= 0.3 is 0 Å². The Balaban J connectivity index is 1.77. The average Bonchev–Trinajstić information content (AvgIpc) is 3.22. The van der Waals surface area contributed by atoms with Crippen molar-refractivity contribution in [1.29, 1.82) is 0 Å². The third-order valence-corrected chi connectivity index (χ3v) is 3.91. The number of aromatic nitrogens is 4. The zero-order valence-corrected chi connectivity index (χ0v) is 11.9. The molecular formula is C17H14N4O. The fourth-order valence-corrected chi connectivity index (χ4v) is 2.79. The summed E-state index contributed by atoms with van der Waals surface area (Å²) in [5.74, 6) is 0.534. The highest BCUT2D eigenvalue weighted by atomic mass is 16.1. The normalized spacial score (nSPS) is 16.0. The van der Waals surface area contributed by atoms with Crippen LogP contribution >= 0.6 is 0 Å². The lowest BCUT2D eigenvalue weighted by Gasteiger charge is -2.16. The topological polar surface area (TPSA) is 63.6 Å². The van der Waals surface area contributed by atoms with E-state index in [2.05, 4.69) is 15.0 Å². The molecule has 1 aromatic carbocycles. The van der Waals surface area contributed by atoms with Crippen molar-refractivity contribution in [3.63, 3.8) is 0 Å². The fourth-order valence-electron chi connectivity index (χ4n) is 2.79. The van der Waals surface area contributed by atoms with Gasteiger partial charge in [-0.2, -0.15) is 0 Å². The monoisotopic (exact) mass is 290 g/mol. The first kappa shape index (κ1) is 12.8. The van der Waals surface area contributed by atoms with E-state index >= 15 is 0 Å². The van der Waals surface area contributed by atoms with Gasteiger partial charge in [-0.25, -0.2) is 9.97 Å². The van der Waals surface area contributed by atoms with Crippen molar-refractivity contribution in [3.05, 3.63) is 66.1 Å². The van der Waals surface area contributed by atoms with Crippen LogP contribution in [0.25, 0.3) is 17.3 Å². The minimum atomic E-state index is 0.00987. The first-order chi connectivity index (χ1) is 10.8. The van der Waals surface area contributed by atoms with Crippen LogP contribution in [0.5, 0.6) is 0 Å². The van der Waals surface area contributed by atoms with Gasteiger partial charge in [0.15, 0.2) is 5.82 Å². The molecule has 1 aliphatic heterocycles. The minimum absolute atomic E-state index is 0.00987. The standard InChI is InChI=1S/C17H14N4O/c22-16-13(5-7-21-8-6-19-17(16)21)9-12-3-1-2-4-14(12)15-10-18-11-20-15/h1-4,6,8-11H,5,7H2,(H,18,20)/b13-9+. The fraction of sp³-hybridized carbons (Fsp3) is 0.118. The number of Topliss-reactive ketones (excluding diaryl/α,β-unsaturated/α-hetero) is 1. The number of aromatic amines is 1. The molecule has 1 aliphatic rings. The maximum atomic E-state index is 12.5. The van der Waals surface area contributed by atoms with Crippen LogP contribution in [0.4, 0.5) is 0 Å². The van der Waals surface area contributed by atoms with Gasteiger partial charge in [0.1, 0.15) is 0 Å². The Bertz CT molecular complexity index is 858. The van der Waals surface area contributed by atoms with Crippen LogP contribution in [0.15, 0.2) is 54.8 Å². The van der Waals surface area contributed by atoms with Crippen molar-refractivity contribution < 1.29 is 4.79 Å². The van der Waals surface area contributed by atoms with E-state index in [9.17, 15) is 4.79 Å². The largest absolute Gasteiger partial charge is 0.345 e. The lowest BCUT2D eigenvalue weighted by molar-refractivity contribution is 0.100. The molecule has 2 aromatic heterocycles. The molecule has 0 amide bonds. The Kier molecular flexibility index (Phi) is 2.96. The second-order valence-electron chi connectivity index (χ2n) is 5.25. The Hall–Kier alpha value is -2.95. The number of carbonyl (C=O) groups is 1. The number of rotatable bonds is 2. The van der Waals surface area contributed by atoms with Crippen LogP contribution in [0, 0.1) is 0 Å². The number of aryl methyl sites for hydroxylation is 1. The predicted octanol–water partition coefficient (Wildman–Crippen LogP) is 2.94. The van der Waals surface area contributed by atoms with E-state index in [1.54, 1.807) is 18.7 Å². The first-order valence-electron chi connectivity index (χ1n) is 7.17. The zero-order valence-electron chi connectivity index (χ0n) is 11.9. The molecule has 0 saturated heterocycles. The number of imidazole rings is 2. The summed E-state index contributed by atoms with van der Waals surface area (Å²) in [4.78, 5) is 23.8. The highest BCUT2D eigenvalue weighted by Crippen LogP contribution is 2.26. The highest BCUT2D eigenvalue weighted by Gasteiger charge is 2.23. The molecule has 0 atom stereocenters. The minimum Gasteiger partial charge on any atom is -0.345 e. The number of fused-ring (bicyclic) bond motifs is 1. The lowest BCUT2D eigenvalue weighted by Crippen LogP contribution is -2.19. The van der Waals surface area contributed by atoms with Crippen molar-refractivity contribution >= 4 is 11.9 Å². The number of hydrogen-bond donors (Lipinski definition) is 1. The molecule has 5 heteroatoms. The summed E-state index contributed by atoms with van der Waals surface area (Å²) < 4.78 is 1.90. The summed E-state index contributed by atoms with van der Waals surface area (Å²) >= 11 is 0. The number of allylic oxidation sites excluding steroid dienone is 1. The Morgan fingerprint density at radius 2 is 2.18 bits per heavy atom. The summed E-state index contributed by atoms with van der Waals surface area (Å²) in [6.45, 7) is 0.791. The summed E-state index contributed by atoms with van der Waals surface area (Å²) in [5.41, 5.74) is 3.78. The van der Waals surface area contributed by atoms with E-state index in [4.69, 9.17) is 0 Å². The van der Waals surface area contributed by atoms with Crippen molar-refractivity contribution in [1.82, 2.24) is 19.5 Å². The van der Waals surface area contributed by atoms with E-state index < -0.39 is 0 Å². The van der Waals surface area contributed by atoms with Gasteiger partial charge in [0, 0.05) is 30.1 Å². The van der Waals surface area contributed by atoms with E-state index in [0.29, 0.717) is 5.82 Å². The van der Waals surface area contributed by atoms with E-state index in [1.165, 1.54) is 0 Å². The number of benzene rings is 1. The predicted molar refractivity (Wildman–Crippen MR) is 83.2 cm³/mol. The van der Waals surface area contributed by atoms with Crippen LogP contribution in [0.3, 0.4) is 0 Å². The van der Waals surface area contributed by atoms with Gasteiger partial charge in [-0.3, -0.25) is 4.79 Å². The molecule has 5 nitrogen and oxygen atoms in total.